The minimum atomic E-state index is -0.586. The number of nitrogens with zero attached hydrogens (tertiary/aromatic N) is 6. The molecular weight excluding hydrogens is 990 g/mol. The van der Waals surface area contributed by atoms with Crippen molar-refractivity contribution in [3.63, 3.8) is 0 Å². The monoisotopic (exact) mass is 1060 g/mol. The van der Waals surface area contributed by atoms with Gasteiger partial charge in [0.2, 0.25) is 23.5 Å². The summed E-state index contributed by atoms with van der Waals surface area (Å²) in [7, 11) is 1.73. The van der Waals surface area contributed by atoms with Crippen molar-refractivity contribution in [2.45, 2.75) is 103 Å². The number of carbonyl (C=O) groups is 4. The Kier molecular flexibility index (Phi) is 19.0. The first kappa shape index (κ1) is 53.9. The Labute approximate surface area is 439 Å². The molecule has 1 aliphatic carbocycles. The van der Waals surface area contributed by atoms with Crippen molar-refractivity contribution in [1.82, 2.24) is 40.6 Å². The highest BCUT2D eigenvalue weighted by atomic mass is 35.5. The van der Waals surface area contributed by atoms with Gasteiger partial charge in [0.1, 0.15) is 46.0 Å². The van der Waals surface area contributed by atoms with E-state index < -0.39 is 18.1 Å². The van der Waals surface area contributed by atoms with Gasteiger partial charge < -0.3 is 39.8 Å². The van der Waals surface area contributed by atoms with Crippen LogP contribution >= 0.6 is 34.3 Å². The number of benzene rings is 2. The first-order chi connectivity index (χ1) is 35.4. The number of rotatable bonds is 24. The second-order valence-corrected chi connectivity index (χ2v) is 21.2. The summed E-state index contributed by atoms with van der Waals surface area (Å²) >= 11 is 9.29. The van der Waals surface area contributed by atoms with Crippen molar-refractivity contribution in [1.29, 1.82) is 0 Å². The average molecular weight is 1060 g/mol. The van der Waals surface area contributed by atoms with Crippen molar-refractivity contribution < 1.29 is 38.1 Å². The molecule has 5 heterocycles. The topological polar surface area (TPSA) is 200 Å². The van der Waals surface area contributed by atoms with Gasteiger partial charge in [-0.1, -0.05) is 55.1 Å². The molecule has 8 rings (SSSR count). The van der Waals surface area contributed by atoms with Crippen molar-refractivity contribution in [2.24, 2.45) is 10.9 Å². The molecule has 17 nitrogen and oxygen atoms in total. The smallest absolute Gasteiger partial charge is 0.246 e. The lowest BCUT2D eigenvalue weighted by Gasteiger charge is -2.35. The Morgan fingerprint density at radius 3 is 2.34 bits per heavy atom. The van der Waals surface area contributed by atoms with Crippen LogP contribution in [-0.2, 0) is 28.6 Å². The number of aryl methyl sites for hydroxylation is 2. The number of nitrogens with one attached hydrogen (secondary N) is 3. The van der Waals surface area contributed by atoms with E-state index in [1.54, 1.807) is 55.0 Å². The summed E-state index contributed by atoms with van der Waals surface area (Å²) in [6, 6.07) is 12.8. The second-order valence-electron chi connectivity index (χ2n) is 18.7. The number of hydrogen-bond acceptors (Lipinski definition) is 15. The number of likely N-dealkylation sites (tertiary alicyclic amines) is 1. The lowest BCUT2D eigenvalue weighted by atomic mass is 9.83. The Morgan fingerprint density at radius 2 is 1.60 bits per heavy atom. The zero-order chi connectivity index (χ0) is 51.4. The summed E-state index contributed by atoms with van der Waals surface area (Å²) in [6.07, 6.45) is 6.72. The van der Waals surface area contributed by atoms with Gasteiger partial charge in [-0.25, -0.2) is 4.98 Å². The molecule has 2 aliphatic heterocycles. The van der Waals surface area contributed by atoms with E-state index in [0.29, 0.717) is 80.6 Å². The van der Waals surface area contributed by atoms with Crippen molar-refractivity contribution >= 4 is 63.5 Å². The van der Waals surface area contributed by atoms with E-state index in [2.05, 4.69) is 40.0 Å². The van der Waals surface area contributed by atoms with Crippen LogP contribution in [0.25, 0.3) is 5.00 Å². The van der Waals surface area contributed by atoms with Crippen molar-refractivity contribution in [3.05, 3.63) is 108 Å². The molecule has 1 saturated heterocycles. The maximum Gasteiger partial charge on any atom is 0.246 e. The summed E-state index contributed by atoms with van der Waals surface area (Å²) in [4.78, 5) is 67.1. The number of ether oxygens (including phenoxy) is 4. The fourth-order valence-electron chi connectivity index (χ4n) is 9.55. The van der Waals surface area contributed by atoms with E-state index in [4.69, 9.17) is 40.5 Å². The van der Waals surface area contributed by atoms with Crippen LogP contribution in [0.1, 0.15) is 125 Å². The van der Waals surface area contributed by atoms with E-state index in [1.165, 1.54) is 16.2 Å². The molecule has 390 valence electrons. The summed E-state index contributed by atoms with van der Waals surface area (Å²) in [5.41, 5.74) is 4.62. The van der Waals surface area contributed by atoms with E-state index in [-0.39, 0.29) is 48.5 Å². The zero-order valence-corrected chi connectivity index (χ0v) is 44.6. The molecule has 20 heteroatoms. The molecule has 3 N–H and O–H groups in total. The molecule has 1 saturated carbocycles. The molecule has 0 radical (unpaired) electrons. The highest BCUT2D eigenvalue weighted by Gasteiger charge is 2.40. The third-order valence-electron chi connectivity index (χ3n) is 13.7. The maximum absolute atomic E-state index is 14.2. The number of aliphatic imine (C=N–C) groups is 1. The molecular formula is C53H66ClN9O8S2. The SMILES string of the molecule is CN[C@@H](C)C(=O)N[C@H](C(=O)N1CCC[C@H]1c1nc(C(=O)c2cccc(OCCOCCOCCOCCNC(=O)C[C@@H]3N=C(c4ccc(Cl)cc4)c4c(sc(C)c4C)-n4c(C)nnc43)c2)cs1)C1CCCCC1. The van der Waals surface area contributed by atoms with Crippen LogP contribution in [0, 0.1) is 26.7 Å². The molecule has 0 unspecified atom stereocenters. The highest BCUT2D eigenvalue weighted by molar-refractivity contribution is 7.15. The number of thiophene rings is 1. The van der Waals surface area contributed by atoms with Gasteiger partial charge in [-0.3, -0.25) is 28.7 Å². The molecule has 2 aromatic carbocycles. The molecule has 4 atom stereocenters. The molecule has 2 fully saturated rings. The Bertz CT molecular complexity index is 2740. The van der Waals surface area contributed by atoms with Gasteiger partial charge in [0.15, 0.2) is 5.82 Å². The van der Waals surface area contributed by atoms with Crippen LogP contribution in [0.3, 0.4) is 0 Å². The molecule has 0 bridgehead atoms. The standard InChI is InChI=1S/C53H66ClN9O8S2/c1-32-34(3)73-53-45(32)46(37-16-18-39(54)19-17-37)57-41(49-61-60-35(4)63(49)53)30-44(64)56-20-22-68-23-24-69-25-26-70-27-28-71-40-14-9-13-38(29-40)48(65)42-31-72-51(58-42)43-15-10-21-62(43)52(67)47(36-11-7-6-8-12-36)59-50(66)33(2)55-5/h9,13-14,16-19,29,31,33,36,41,43,47,55H,6-8,10-12,15,20-28,30H2,1-5H3,(H,56,64)(H,59,66)/t33-,41-,43-,47-/m0/s1. The van der Waals surface area contributed by atoms with E-state index >= 15 is 0 Å². The van der Waals surface area contributed by atoms with Crippen LogP contribution in [0.4, 0.5) is 0 Å². The first-order valence-corrected chi connectivity index (χ1v) is 27.4. The van der Waals surface area contributed by atoms with Gasteiger partial charge in [-0.15, -0.1) is 32.9 Å². The number of hydrogen-bond donors (Lipinski definition) is 3. The number of thiazole rings is 1. The molecule has 0 spiro atoms. The Hall–Kier alpha value is -5.41. The van der Waals surface area contributed by atoms with Gasteiger partial charge >= 0.3 is 0 Å². The summed E-state index contributed by atoms with van der Waals surface area (Å²) in [5.74, 6) is 1.34. The second kappa shape index (κ2) is 25.7. The Morgan fingerprint density at radius 1 is 0.877 bits per heavy atom. The fraction of sp³-hybridized carbons (Fsp3) is 0.509. The zero-order valence-electron chi connectivity index (χ0n) is 42.2. The number of aromatic nitrogens is 4. The maximum atomic E-state index is 14.2. The third-order valence-corrected chi connectivity index (χ3v) is 16.1. The van der Waals surface area contributed by atoms with Crippen molar-refractivity contribution in [2.75, 3.05) is 66.4 Å². The van der Waals surface area contributed by atoms with E-state index in [1.807, 2.05) is 40.7 Å². The number of carbonyl (C=O) groups excluding carboxylic acids is 4. The lowest BCUT2D eigenvalue weighted by molar-refractivity contribution is -0.139. The molecule has 73 heavy (non-hydrogen) atoms. The van der Waals surface area contributed by atoms with Crippen LogP contribution in [-0.4, -0.2) is 132 Å². The molecule has 3 aromatic heterocycles. The fourth-order valence-corrected chi connectivity index (χ4v) is 11.8. The normalized spacial score (nSPS) is 17.6. The first-order valence-electron chi connectivity index (χ1n) is 25.3. The predicted octanol–water partition coefficient (Wildman–Crippen LogP) is 7.46. The number of amides is 3. The number of ketones is 1. The minimum Gasteiger partial charge on any atom is -0.491 e. The van der Waals surface area contributed by atoms with Crippen LogP contribution in [0.2, 0.25) is 5.02 Å². The van der Waals surface area contributed by atoms with Crippen LogP contribution < -0.4 is 20.7 Å². The number of halogens is 1. The van der Waals surface area contributed by atoms with Gasteiger partial charge in [0, 0.05) is 45.1 Å². The van der Waals surface area contributed by atoms with E-state index in [0.717, 1.165) is 83.2 Å². The number of fused-ring (bicyclic) bond motifs is 3. The molecule has 3 aliphatic rings. The highest BCUT2D eigenvalue weighted by Crippen LogP contribution is 2.40. The minimum absolute atomic E-state index is 0.0632. The summed E-state index contributed by atoms with van der Waals surface area (Å²) in [5, 5.41) is 22.0. The average Bonchev–Trinajstić information content (AvgIpc) is 4.21. The predicted molar refractivity (Wildman–Crippen MR) is 282 cm³/mol. The van der Waals surface area contributed by atoms with E-state index in [9.17, 15) is 19.2 Å². The number of likely N-dealkylation sites (N-methyl/N-ethyl adjacent to an activating group) is 1. The van der Waals surface area contributed by atoms with Gasteiger partial charge in [0.25, 0.3) is 0 Å². The largest absolute Gasteiger partial charge is 0.491 e. The van der Waals surface area contributed by atoms with Crippen molar-refractivity contribution in [3.8, 4) is 10.8 Å². The summed E-state index contributed by atoms with van der Waals surface area (Å²) < 4.78 is 25.0. The summed E-state index contributed by atoms with van der Waals surface area (Å²) in [6.45, 7) is 11.2. The van der Waals surface area contributed by atoms with Gasteiger partial charge in [-0.2, -0.15) is 0 Å². The quantitative estimate of drug-likeness (QED) is 0.0408. The lowest BCUT2D eigenvalue weighted by Crippen LogP contribution is -2.55. The molecule has 5 aromatic rings. The van der Waals surface area contributed by atoms with Gasteiger partial charge in [-0.05, 0) is 96.2 Å². The van der Waals surface area contributed by atoms with Crippen LogP contribution in [0.5, 0.6) is 5.75 Å². The third kappa shape index (κ3) is 13.3. The van der Waals surface area contributed by atoms with Gasteiger partial charge in [0.05, 0.1) is 63.9 Å². The Balaban J connectivity index is 0.718. The molecule has 3 amide bonds. The van der Waals surface area contributed by atoms with Crippen LogP contribution in [0.15, 0.2) is 58.9 Å².